The maximum Gasteiger partial charge on any atom is 0.105 e. The van der Waals surface area contributed by atoms with Gasteiger partial charge in [-0.3, -0.25) is 0 Å². The molecule has 0 aliphatic rings. The van der Waals surface area contributed by atoms with Gasteiger partial charge in [0.15, 0.2) is 0 Å². The van der Waals surface area contributed by atoms with Crippen molar-refractivity contribution in [1.29, 1.82) is 0 Å². The highest BCUT2D eigenvalue weighted by Gasteiger charge is 2.20. The van der Waals surface area contributed by atoms with Gasteiger partial charge in [0.05, 0.1) is 14.1 Å². The molecule has 1 atom stereocenters. The molecule has 0 saturated heterocycles. The topological polar surface area (TPSA) is 20.2 Å². The number of likely N-dealkylation sites (N-methyl/N-ethyl adjacent to an activating group) is 1. The minimum atomic E-state index is -0.172. The van der Waals surface area contributed by atoms with Crippen molar-refractivity contribution in [3.05, 3.63) is 35.9 Å². The first-order valence-electron chi connectivity index (χ1n) is 9.57. The van der Waals surface area contributed by atoms with Gasteiger partial charge < -0.3 is 9.59 Å². The molecule has 1 unspecified atom stereocenters. The lowest BCUT2D eigenvalue weighted by atomic mass is 10.0. The zero-order valence-electron chi connectivity index (χ0n) is 15.6. The van der Waals surface area contributed by atoms with E-state index in [1.165, 1.54) is 56.9 Å². The summed E-state index contributed by atoms with van der Waals surface area (Å²) >= 11 is 0. The number of benzene rings is 1. The van der Waals surface area contributed by atoms with E-state index in [-0.39, 0.29) is 6.10 Å². The van der Waals surface area contributed by atoms with E-state index < -0.39 is 0 Å². The molecule has 2 nitrogen and oxygen atoms in total. The molecule has 132 valence electrons. The smallest absolute Gasteiger partial charge is 0.105 e. The van der Waals surface area contributed by atoms with Crippen molar-refractivity contribution in [3.8, 4) is 0 Å². The Morgan fingerprint density at radius 3 is 2.04 bits per heavy atom. The van der Waals surface area contributed by atoms with E-state index in [2.05, 4.69) is 51.4 Å². The molecular formula is C21H38NO+. The van der Waals surface area contributed by atoms with E-state index in [0.29, 0.717) is 0 Å². The summed E-state index contributed by atoms with van der Waals surface area (Å²) in [6.07, 6.45) is 11.4. The van der Waals surface area contributed by atoms with E-state index in [0.717, 1.165) is 24.0 Å². The Hall–Kier alpha value is -0.860. The van der Waals surface area contributed by atoms with Gasteiger partial charge in [-0.15, -0.1) is 0 Å². The molecule has 2 heteroatoms. The van der Waals surface area contributed by atoms with Crippen LogP contribution in [0, 0.1) is 0 Å². The largest absolute Gasteiger partial charge is 0.387 e. The van der Waals surface area contributed by atoms with Crippen LogP contribution in [-0.4, -0.2) is 36.3 Å². The van der Waals surface area contributed by atoms with Gasteiger partial charge >= 0.3 is 0 Å². The second-order valence-electron chi connectivity index (χ2n) is 7.68. The molecule has 0 aromatic heterocycles. The Kier molecular flexibility index (Phi) is 10.2. The molecule has 0 amide bonds. The first-order chi connectivity index (χ1) is 11.0. The SMILES string of the molecule is CCCCCCCCCCC(O)C[N+](C)(C)Cc1ccccc1. The zero-order chi connectivity index (χ0) is 17.0. The maximum absolute atomic E-state index is 10.3. The van der Waals surface area contributed by atoms with Gasteiger partial charge in [-0.05, 0) is 6.42 Å². The summed E-state index contributed by atoms with van der Waals surface area (Å²) in [6, 6.07) is 10.6. The van der Waals surface area contributed by atoms with Crippen LogP contribution < -0.4 is 0 Å². The van der Waals surface area contributed by atoms with E-state index >= 15 is 0 Å². The standard InChI is InChI=1S/C21H38NO/c1-4-5-6-7-8-9-10-14-17-21(23)19-22(2,3)18-20-15-12-11-13-16-20/h11-13,15-16,21,23H,4-10,14,17-19H2,1-3H3/q+1. The number of unbranched alkanes of at least 4 members (excludes halogenated alkanes) is 7. The van der Waals surface area contributed by atoms with Gasteiger partial charge in [0, 0.05) is 5.56 Å². The molecule has 0 radical (unpaired) electrons. The lowest BCUT2D eigenvalue weighted by Gasteiger charge is -2.32. The number of nitrogens with zero attached hydrogens (tertiary/aromatic N) is 1. The minimum absolute atomic E-state index is 0.172. The molecule has 0 bridgehead atoms. The number of hydrogen-bond acceptors (Lipinski definition) is 1. The van der Waals surface area contributed by atoms with Crippen molar-refractivity contribution < 1.29 is 9.59 Å². The normalized spacial score (nSPS) is 13.2. The third kappa shape index (κ3) is 10.5. The third-order valence-electron chi connectivity index (χ3n) is 4.55. The second-order valence-corrected chi connectivity index (χ2v) is 7.68. The van der Waals surface area contributed by atoms with Gasteiger partial charge in [-0.1, -0.05) is 88.6 Å². The van der Waals surface area contributed by atoms with Crippen LogP contribution in [0.4, 0.5) is 0 Å². The van der Waals surface area contributed by atoms with Crippen molar-refractivity contribution in [2.45, 2.75) is 77.4 Å². The molecular weight excluding hydrogens is 282 g/mol. The van der Waals surface area contributed by atoms with Crippen molar-refractivity contribution in [3.63, 3.8) is 0 Å². The van der Waals surface area contributed by atoms with Crippen LogP contribution in [0.5, 0.6) is 0 Å². The average Bonchev–Trinajstić information content (AvgIpc) is 2.50. The first-order valence-corrected chi connectivity index (χ1v) is 9.57. The predicted octanol–water partition coefficient (Wildman–Crippen LogP) is 5.15. The number of quaternary nitrogens is 1. The van der Waals surface area contributed by atoms with Crippen molar-refractivity contribution >= 4 is 0 Å². The van der Waals surface area contributed by atoms with Crippen molar-refractivity contribution in [2.75, 3.05) is 20.6 Å². The Labute approximate surface area is 144 Å². The van der Waals surface area contributed by atoms with E-state index in [4.69, 9.17) is 0 Å². The quantitative estimate of drug-likeness (QED) is 0.393. The minimum Gasteiger partial charge on any atom is -0.387 e. The van der Waals surface area contributed by atoms with Gasteiger partial charge in [0.2, 0.25) is 0 Å². The second kappa shape index (κ2) is 11.6. The Bertz CT molecular complexity index is 388. The van der Waals surface area contributed by atoms with E-state index in [1.54, 1.807) is 0 Å². The van der Waals surface area contributed by atoms with Gasteiger partial charge in [-0.2, -0.15) is 0 Å². The first kappa shape index (κ1) is 20.2. The van der Waals surface area contributed by atoms with E-state index in [9.17, 15) is 5.11 Å². The molecule has 0 aliphatic carbocycles. The van der Waals surface area contributed by atoms with Crippen LogP contribution in [0.3, 0.4) is 0 Å². The summed E-state index contributed by atoms with van der Waals surface area (Å²) in [5, 5.41) is 10.3. The summed E-state index contributed by atoms with van der Waals surface area (Å²) in [4.78, 5) is 0. The molecule has 0 fully saturated rings. The molecule has 1 rings (SSSR count). The van der Waals surface area contributed by atoms with Crippen LogP contribution in [0.2, 0.25) is 0 Å². The molecule has 23 heavy (non-hydrogen) atoms. The molecule has 0 heterocycles. The molecule has 0 aliphatic heterocycles. The summed E-state index contributed by atoms with van der Waals surface area (Å²) in [6.45, 7) is 4.08. The maximum atomic E-state index is 10.3. The number of hydrogen-bond donors (Lipinski definition) is 1. The molecule has 1 N–H and O–H groups in total. The number of rotatable bonds is 13. The highest BCUT2D eigenvalue weighted by atomic mass is 16.3. The van der Waals surface area contributed by atoms with Crippen LogP contribution in [0.25, 0.3) is 0 Å². The summed E-state index contributed by atoms with van der Waals surface area (Å²) in [5.41, 5.74) is 1.34. The van der Waals surface area contributed by atoms with Crippen LogP contribution in [-0.2, 0) is 6.54 Å². The van der Waals surface area contributed by atoms with Crippen LogP contribution in [0.15, 0.2) is 30.3 Å². The average molecular weight is 321 g/mol. The van der Waals surface area contributed by atoms with Gasteiger partial charge in [-0.25, -0.2) is 0 Å². The molecule has 0 spiro atoms. The number of aliphatic hydroxyl groups excluding tert-OH is 1. The molecule has 1 aromatic rings. The lowest BCUT2D eigenvalue weighted by molar-refractivity contribution is -0.906. The number of aliphatic hydroxyl groups is 1. The zero-order valence-corrected chi connectivity index (χ0v) is 15.6. The Balaban J connectivity index is 2.11. The summed E-state index contributed by atoms with van der Waals surface area (Å²) in [5.74, 6) is 0. The van der Waals surface area contributed by atoms with Gasteiger partial charge in [0.25, 0.3) is 0 Å². The van der Waals surface area contributed by atoms with Gasteiger partial charge in [0.1, 0.15) is 19.2 Å². The summed E-state index contributed by atoms with van der Waals surface area (Å²) < 4.78 is 0.849. The van der Waals surface area contributed by atoms with E-state index in [1.807, 2.05) is 0 Å². The monoisotopic (exact) mass is 320 g/mol. The summed E-state index contributed by atoms with van der Waals surface area (Å²) in [7, 11) is 4.42. The van der Waals surface area contributed by atoms with Crippen LogP contribution >= 0.6 is 0 Å². The highest BCUT2D eigenvalue weighted by molar-refractivity contribution is 5.13. The Morgan fingerprint density at radius 1 is 0.870 bits per heavy atom. The highest BCUT2D eigenvalue weighted by Crippen LogP contribution is 2.14. The van der Waals surface area contributed by atoms with Crippen molar-refractivity contribution in [2.24, 2.45) is 0 Å². The Morgan fingerprint density at radius 2 is 1.43 bits per heavy atom. The lowest BCUT2D eigenvalue weighted by Crippen LogP contribution is -2.44. The fourth-order valence-electron chi connectivity index (χ4n) is 3.32. The third-order valence-corrected chi connectivity index (χ3v) is 4.55. The molecule has 1 aromatic carbocycles. The van der Waals surface area contributed by atoms with Crippen LogP contribution in [0.1, 0.15) is 70.3 Å². The van der Waals surface area contributed by atoms with Crippen molar-refractivity contribution in [1.82, 2.24) is 0 Å². The fraction of sp³-hybridized carbons (Fsp3) is 0.714. The molecule has 0 saturated carbocycles. The predicted molar refractivity (Wildman–Crippen MR) is 100 cm³/mol. The fourth-order valence-corrected chi connectivity index (χ4v) is 3.32.